The Morgan fingerprint density at radius 1 is 0.703 bits per heavy atom. The zero-order valence-electron chi connectivity index (χ0n) is 19.0. The number of fused-ring (bicyclic) bond motifs is 1. The van der Waals surface area contributed by atoms with Crippen molar-refractivity contribution >= 4 is 69.8 Å². The van der Waals surface area contributed by atoms with E-state index in [0.29, 0.717) is 22.7 Å². The van der Waals surface area contributed by atoms with Gasteiger partial charge in [-0.05, 0) is 42.0 Å². The summed E-state index contributed by atoms with van der Waals surface area (Å²) >= 11 is 24.8. The fourth-order valence-electron chi connectivity index (χ4n) is 4.60. The van der Waals surface area contributed by atoms with E-state index < -0.39 is 35.6 Å². The molecule has 190 valence electrons. The van der Waals surface area contributed by atoms with Crippen molar-refractivity contribution in [2.45, 2.75) is 12.1 Å². The molecule has 2 unspecified atom stereocenters. The number of ether oxygens (including phenoxy) is 2. The van der Waals surface area contributed by atoms with Crippen LogP contribution in [0.4, 0.5) is 10.1 Å². The first-order valence-electron chi connectivity index (χ1n) is 10.7. The zero-order chi connectivity index (χ0) is 26.8. The maximum absolute atomic E-state index is 13.6. The number of halogens is 5. The Bertz CT molecular complexity index is 1450. The third-order valence-electron chi connectivity index (χ3n) is 6.33. The first-order chi connectivity index (χ1) is 17.6. The lowest BCUT2D eigenvalue weighted by Gasteiger charge is -2.49. The number of amides is 3. The maximum Gasteiger partial charge on any atom is 0.264 e. The topological polar surface area (TPSA) is 76.2 Å². The van der Waals surface area contributed by atoms with E-state index in [1.54, 1.807) is 18.2 Å². The minimum Gasteiger partial charge on any atom is -0.493 e. The van der Waals surface area contributed by atoms with Crippen molar-refractivity contribution in [1.29, 1.82) is 0 Å². The van der Waals surface area contributed by atoms with Gasteiger partial charge < -0.3 is 14.4 Å². The monoisotopic (exact) mass is 582 g/mol. The SMILES string of the molecule is COc1ccc(C2C(N3C(=O)c4c(Cl)c(Cl)c(Cl)c(Cl)c4C3=O)C(=O)N2c2ccc(F)cc2)cc1OC. The van der Waals surface area contributed by atoms with Gasteiger partial charge in [-0.3, -0.25) is 19.3 Å². The molecule has 0 aromatic heterocycles. The van der Waals surface area contributed by atoms with Crippen LogP contribution in [0.5, 0.6) is 11.5 Å². The standard InChI is InChI=1S/C25H15Cl4FN2O5/c1-36-13-8-3-10(9-14(13)37-2)21-22(25(35)31(21)12-6-4-11(30)5-7-12)32-23(33)15-16(24(32)34)18(27)20(29)19(28)17(15)26/h3-9,21-22H,1-2H3. The van der Waals surface area contributed by atoms with Crippen molar-refractivity contribution in [2.24, 2.45) is 0 Å². The van der Waals surface area contributed by atoms with Crippen molar-refractivity contribution in [2.75, 3.05) is 19.1 Å². The second kappa shape index (κ2) is 9.36. The van der Waals surface area contributed by atoms with Gasteiger partial charge in [0.25, 0.3) is 17.7 Å². The molecule has 2 aliphatic heterocycles. The van der Waals surface area contributed by atoms with Gasteiger partial charge in [0, 0.05) is 5.69 Å². The van der Waals surface area contributed by atoms with Crippen LogP contribution >= 0.6 is 46.4 Å². The predicted molar refractivity (Wildman–Crippen MR) is 137 cm³/mol. The Kier molecular flexibility index (Phi) is 6.48. The molecule has 0 bridgehead atoms. The number of nitrogens with zero attached hydrogens (tertiary/aromatic N) is 2. The molecule has 0 spiro atoms. The average molecular weight is 584 g/mol. The van der Waals surface area contributed by atoms with Crippen LogP contribution < -0.4 is 14.4 Å². The lowest BCUT2D eigenvalue weighted by molar-refractivity contribution is -0.130. The number of benzene rings is 3. The number of hydrogen-bond donors (Lipinski definition) is 0. The zero-order valence-corrected chi connectivity index (χ0v) is 22.0. The first kappa shape index (κ1) is 25.6. The van der Waals surface area contributed by atoms with E-state index >= 15 is 0 Å². The minimum atomic E-state index is -1.28. The number of anilines is 1. The maximum atomic E-state index is 13.6. The number of carbonyl (C=O) groups is 3. The molecule has 0 radical (unpaired) electrons. The van der Waals surface area contributed by atoms with Crippen LogP contribution in [0.3, 0.4) is 0 Å². The Labute approximate surface area is 230 Å². The Balaban J connectivity index is 1.65. The fourth-order valence-corrected chi connectivity index (χ4v) is 5.62. The molecule has 3 aromatic rings. The van der Waals surface area contributed by atoms with Gasteiger partial charge in [-0.1, -0.05) is 52.5 Å². The van der Waals surface area contributed by atoms with Gasteiger partial charge >= 0.3 is 0 Å². The van der Waals surface area contributed by atoms with Crippen LogP contribution in [0.1, 0.15) is 32.3 Å². The minimum absolute atomic E-state index is 0.181. The molecule has 12 heteroatoms. The van der Waals surface area contributed by atoms with Crippen LogP contribution in [0.25, 0.3) is 0 Å². The number of methoxy groups -OCH3 is 2. The summed E-state index contributed by atoms with van der Waals surface area (Å²) in [4.78, 5) is 42.7. The molecule has 2 heterocycles. The molecule has 7 nitrogen and oxygen atoms in total. The van der Waals surface area contributed by atoms with Crippen LogP contribution in [0.2, 0.25) is 20.1 Å². The largest absolute Gasteiger partial charge is 0.493 e. The molecular formula is C25H15Cl4FN2O5. The summed E-state index contributed by atoms with van der Waals surface area (Å²) in [7, 11) is 2.92. The fraction of sp³-hybridized carbons (Fsp3) is 0.160. The molecule has 0 saturated carbocycles. The van der Waals surface area contributed by atoms with Crippen molar-refractivity contribution < 1.29 is 28.2 Å². The van der Waals surface area contributed by atoms with Gasteiger partial charge in [0.15, 0.2) is 11.5 Å². The van der Waals surface area contributed by atoms with E-state index in [-0.39, 0.29) is 31.2 Å². The van der Waals surface area contributed by atoms with Crippen molar-refractivity contribution in [3.63, 3.8) is 0 Å². The lowest BCUT2D eigenvalue weighted by Crippen LogP contribution is -2.67. The molecule has 3 amide bonds. The van der Waals surface area contributed by atoms with Gasteiger partial charge in [-0.2, -0.15) is 0 Å². The van der Waals surface area contributed by atoms with Gasteiger partial charge in [0.2, 0.25) is 0 Å². The number of rotatable bonds is 5. The number of β-lactam (4-membered cyclic amide) rings is 1. The highest BCUT2D eigenvalue weighted by molar-refractivity contribution is 6.55. The second-order valence-corrected chi connectivity index (χ2v) is 9.69. The van der Waals surface area contributed by atoms with E-state index in [2.05, 4.69) is 0 Å². The van der Waals surface area contributed by atoms with Gasteiger partial charge in [0.1, 0.15) is 11.9 Å². The van der Waals surface area contributed by atoms with E-state index in [0.717, 1.165) is 4.90 Å². The molecule has 1 saturated heterocycles. The number of imide groups is 1. The highest BCUT2D eigenvalue weighted by atomic mass is 35.5. The van der Waals surface area contributed by atoms with Crippen molar-refractivity contribution in [3.05, 3.63) is 85.1 Å². The molecule has 5 rings (SSSR count). The lowest BCUT2D eigenvalue weighted by atomic mass is 9.86. The summed E-state index contributed by atoms with van der Waals surface area (Å²) in [5, 5.41) is -0.840. The van der Waals surface area contributed by atoms with E-state index in [9.17, 15) is 18.8 Å². The highest BCUT2D eigenvalue weighted by Crippen LogP contribution is 2.49. The predicted octanol–water partition coefficient (Wildman–Crippen LogP) is 6.21. The Hall–Kier alpha value is -3.04. The van der Waals surface area contributed by atoms with Crippen LogP contribution in [0.15, 0.2) is 42.5 Å². The number of hydrogen-bond acceptors (Lipinski definition) is 5. The molecule has 2 atom stereocenters. The normalized spacial score (nSPS) is 18.7. The molecule has 1 fully saturated rings. The Morgan fingerprint density at radius 3 is 1.76 bits per heavy atom. The van der Waals surface area contributed by atoms with Gasteiger partial charge in [-0.25, -0.2) is 4.39 Å². The summed E-state index contributed by atoms with van der Waals surface area (Å²) in [5.41, 5.74) is 0.424. The highest BCUT2D eigenvalue weighted by Gasteiger charge is 2.58. The van der Waals surface area contributed by atoms with E-state index in [4.69, 9.17) is 55.9 Å². The summed E-state index contributed by atoms with van der Waals surface area (Å²) in [6.45, 7) is 0. The van der Waals surface area contributed by atoms with E-state index in [1.807, 2.05) is 0 Å². The average Bonchev–Trinajstić information content (AvgIpc) is 3.15. The van der Waals surface area contributed by atoms with Crippen LogP contribution in [-0.4, -0.2) is 42.9 Å². The van der Waals surface area contributed by atoms with E-state index in [1.165, 1.54) is 43.4 Å². The molecule has 0 aliphatic carbocycles. The summed E-state index contributed by atoms with van der Waals surface area (Å²) in [5.74, 6) is -1.95. The molecular weight excluding hydrogens is 569 g/mol. The van der Waals surface area contributed by atoms with Gasteiger partial charge in [0.05, 0.1) is 51.5 Å². The third kappa shape index (κ3) is 3.74. The summed E-state index contributed by atoms with van der Waals surface area (Å²) in [6.07, 6.45) is 0. The molecule has 3 aromatic carbocycles. The summed E-state index contributed by atoms with van der Waals surface area (Å²) < 4.78 is 24.3. The van der Waals surface area contributed by atoms with Crippen LogP contribution in [-0.2, 0) is 4.79 Å². The molecule has 2 aliphatic rings. The summed E-state index contributed by atoms with van der Waals surface area (Å²) in [6, 6.07) is 8.05. The smallest absolute Gasteiger partial charge is 0.264 e. The quantitative estimate of drug-likeness (QED) is 0.154. The molecule has 0 N–H and O–H groups in total. The Morgan fingerprint density at radius 2 is 1.24 bits per heavy atom. The van der Waals surface area contributed by atoms with Crippen molar-refractivity contribution in [3.8, 4) is 11.5 Å². The van der Waals surface area contributed by atoms with Gasteiger partial charge in [-0.15, -0.1) is 0 Å². The van der Waals surface area contributed by atoms with Crippen molar-refractivity contribution in [1.82, 2.24) is 4.90 Å². The molecule has 37 heavy (non-hydrogen) atoms. The second-order valence-electron chi connectivity index (χ2n) is 8.17. The number of carbonyl (C=O) groups excluding carboxylic acids is 3. The van der Waals surface area contributed by atoms with Crippen LogP contribution in [0, 0.1) is 5.82 Å². The third-order valence-corrected chi connectivity index (χ3v) is 8.13. The first-order valence-corrected chi connectivity index (χ1v) is 12.2.